The van der Waals surface area contributed by atoms with Gasteiger partial charge in [0.25, 0.3) is 5.56 Å². The molecule has 0 fully saturated rings. The fourth-order valence-corrected chi connectivity index (χ4v) is 3.39. The van der Waals surface area contributed by atoms with Crippen LogP contribution in [0.5, 0.6) is 5.75 Å². The predicted molar refractivity (Wildman–Crippen MR) is 108 cm³/mol. The first-order valence-electron chi connectivity index (χ1n) is 9.03. The number of benzene rings is 2. The van der Waals surface area contributed by atoms with Gasteiger partial charge in [0.1, 0.15) is 11.3 Å². The van der Waals surface area contributed by atoms with E-state index >= 15 is 0 Å². The molecule has 0 aliphatic heterocycles. The summed E-state index contributed by atoms with van der Waals surface area (Å²) in [6.07, 6.45) is 0. The van der Waals surface area contributed by atoms with Crippen molar-refractivity contribution in [3.05, 3.63) is 70.0 Å². The number of carbonyl (C=O) groups is 1. The van der Waals surface area contributed by atoms with Gasteiger partial charge in [-0.2, -0.15) is 0 Å². The summed E-state index contributed by atoms with van der Waals surface area (Å²) in [7, 11) is 1.54. The summed E-state index contributed by atoms with van der Waals surface area (Å²) in [6, 6.07) is 14.1. The summed E-state index contributed by atoms with van der Waals surface area (Å²) in [6.45, 7) is 1.81. The summed E-state index contributed by atoms with van der Waals surface area (Å²) >= 11 is 0. The summed E-state index contributed by atoms with van der Waals surface area (Å²) in [4.78, 5) is 28.5. The van der Waals surface area contributed by atoms with Crippen LogP contribution in [0.1, 0.15) is 17.3 Å². The number of H-pyrrole nitrogens is 1. The monoisotopic (exact) mass is 390 g/mol. The first-order valence-corrected chi connectivity index (χ1v) is 9.03. The molecule has 0 saturated heterocycles. The minimum Gasteiger partial charge on any atom is -0.497 e. The fraction of sp³-hybridized carbons (Fsp3) is 0.136. The zero-order chi connectivity index (χ0) is 20.5. The van der Waals surface area contributed by atoms with Gasteiger partial charge in [0.2, 0.25) is 5.55 Å². The molecule has 7 heteroatoms. The standard InChI is InChI=1S/C22H18N2O5/c1-3-28-22(26)18-16(12-7-5-4-6-8-12)17-19(29-20(18)23)14-11-13(27-2)9-10-15(14)24-21(17)25/h4-11,23H,3H2,1-2H3,(H,24,25). The summed E-state index contributed by atoms with van der Waals surface area (Å²) in [5, 5.41) is 9.13. The van der Waals surface area contributed by atoms with E-state index in [0.717, 1.165) is 0 Å². The lowest BCUT2D eigenvalue weighted by molar-refractivity contribution is 0.0522. The highest BCUT2D eigenvalue weighted by molar-refractivity contribution is 6.11. The molecule has 7 nitrogen and oxygen atoms in total. The van der Waals surface area contributed by atoms with Crippen molar-refractivity contribution in [1.29, 1.82) is 5.41 Å². The maximum absolute atomic E-state index is 13.0. The van der Waals surface area contributed by atoms with Crippen molar-refractivity contribution in [3.8, 4) is 16.9 Å². The van der Waals surface area contributed by atoms with Gasteiger partial charge in [-0.3, -0.25) is 10.2 Å². The second-order valence-corrected chi connectivity index (χ2v) is 6.34. The normalized spacial score (nSPS) is 11.0. The number of esters is 1. The fourth-order valence-electron chi connectivity index (χ4n) is 3.39. The molecular weight excluding hydrogens is 372 g/mol. The molecule has 0 bridgehead atoms. The molecule has 0 atom stereocenters. The molecule has 2 aromatic heterocycles. The number of ether oxygens (including phenoxy) is 2. The largest absolute Gasteiger partial charge is 0.497 e. The zero-order valence-electron chi connectivity index (χ0n) is 15.9. The number of aromatic amines is 1. The van der Waals surface area contributed by atoms with E-state index in [2.05, 4.69) is 4.98 Å². The number of hydrogen-bond acceptors (Lipinski definition) is 6. The van der Waals surface area contributed by atoms with Gasteiger partial charge >= 0.3 is 5.97 Å². The van der Waals surface area contributed by atoms with Crippen LogP contribution < -0.4 is 15.9 Å². The zero-order valence-corrected chi connectivity index (χ0v) is 15.9. The van der Waals surface area contributed by atoms with Gasteiger partial charge in [-0.15, -0.1) is 0 Å². The minimum atomic E-state index is -0.716. The Kier molecular flexibility index (Phi) is 4.64. The Morgan fingerprint density at radius 2 is 1.93 bits per heavy atom. The highest BCUT2D eigenvalue weighted by Crippen LogP contribution is 2.32. The third kappa shape index (κ3) is 3.06. The lowest BCUT2D eigenvalue weighted by Crippen LogP contribution is -2.21. The van der Waals surface area contributed by atoms with E-state index in [-0.39, 0.29) is 28.7 Å². The van der Waals surface area contributed by atoms with Crippen LogP contribution in [0.3, 0.4) is 0 Å². The van der Waals surface area contributed by atoms with Crippen molar-refractivity contribution in [1.82, 2.24) is 4.98 Å². The molecule has 29 heavy (non-hydrogen) atoms. The van der Waals surface area contributed by atoms with E-state index in [1.165, 1.54) is 7.11 Å². The topological polar surface area (TPSA) is 105 Å². The van der Waals surface area contributed by atoms with Crippen LogP contribution in [-0.4, -0.2) is 24.7 Å². The van der Waals surface area contributed by atoms with E-state index in [9.17, 15) is 9.59 Å². The average Bonchev–Trinajstić information content (AvgIpc) is 2.73. The molecule has 4 aromatic rings. The Morgan fingerprint density at radius 3 is 2.62 bits per heavy atom. The molecule has 0 radical (unpaired) electrons. The average molecular weight is 390 g/mol. The highest BCUT2D eigenvalue weighted by atomic mass is 16.5. The molecule has 0 spiro atoms. The van der Waals surface area contributed by atoms with Gasteiger partial charge in [0, 0.05) is 10.9 Å². The number of carbonyl (C=O) groups excluding carboxylic acids is 1. The van der Waals surface area contributed by atoms with Crippen molar-refractivity contribution < 1.29 is 18.7 Å². The first kappa shape index (κ1) is 18.5. The van der Waals surface area contributed by atoms with E-state index in [4.69, 9.17) is 19.3 Å². The number of rotatable bonds is 4. The van der Waals surface area contributed by atoms with Crippen molar-refractivity contribution in [2.24, 2.45) is 0 Å². The summed E-state index contributed by atoms with van der Waals surface area (Å²) in [5.74, 6) is -0.143. The molecule has 2 aromatic carbocycles. The van der Waals surface area contributed by atoms with Crippen LogP contribution in [0.15, 0.2) is 57.7 Å². The van der Waals surface area contributed by atoms with Crippen LogP contribution in [0.2, 0.25) is 0 Å². The van der Waals surface area contributed by atoms with Crippen LogP contribution in [-0.2, 0) is 4.74 Å². The lowest BCUT2D eigenvalue weighted by Gasteiger charge is -2.13. The van der Waals surface area contributed by atoms with Gasteiger partial charge in [0.05, 0.1) is 24.6 Å². The second-order valence-electron chi connectivity index (χ2n) is 6.34. The molecule has 0 saturated carbocycles. The molecule has 0 aliphatic rings. The van der Waals surface area contributed by atoms with Crippen LogP contribution >= 0.6 is 0 Å². The van der Waals surface area contributed by atoms with Gasteiger partial charge in [-0.1, -0.05) is 30.3 Å². The maximum atomic E-state index is 13.0. The predicted octanol–water partition coefficient (Wildman–Crippen LogP) is 3.61. The third-order valence-electron chi connectivity index (χ3n) is 4.65. The van der Waals surface area contributed by atoms with Gasteiger partial charge in [0.15, 0.2) is 5.58 Å². The maximum Gasteiger partial charge on any atom is 0.344 e. The van der Waals surface area contributed by atoms with Gasteiger partial charge in [-0.05, 0) is 30.7 Å². The Bertz CT molecular complexity index is 1350. The van der Waals surface area contributed by atoms with E-state index < -0.39 is 11.5 Å². The molecule has 0 unspecified atom stereocenters. The van der Waals surface area contributed by atoms with E-state index in [1.807, 2.05) is 6.07 Å². The Labute approximate surface area is 165 Å². The molecule has 0 aliphatic carbocycles. The number of pyridine rings is 1. The number of hydrogen-bond donors (Lipinski definition) is 2. The minimum absolute atomic E-state index is 0.0849. The van der Waals surface area contributed by atoms with Crippen LogP contribution in [0, 0.1) is 5.41 Å². The van der Waals surface area contributed by atoms with Gasteiger partial charge < -0.3 is 18.9 Å². The summed E-state index contributed by atoms with van der Waals surface area (Å²) in [5.41, 5.74) is 0.779. The Balaban J connectivity index is 2.24. The molecule has 0 amide bonds. The number of aromatic nitrogens is 1. The Hall–Kier alpha value is -3.87. The number of nitrogens with one attached hydrogen (secondary N) is 2. The molecular formula is C22H18N2O5. The molecule has 2 N–H and O–H groups in total. The van der Waals surface area contributed by atoms with Crippen molar-refractivity contribution in [2.75, 3.05) is 13.7 Å². The first-order chi connectivity index (χ1) is 14.0. The summed E-state index contributed by atoms with van der Waals surface area (Å²) < 4.78 is 16.1. The lowest BCUT2D eigenvalue weighted by atomic mass is 9.96. The van der Waals surface area contributed by atoms with Gasteiger partial charge in [-0.25, -0.2) is 4.79 Å². The van der Waals surface area contributed by atoms with Crippen molar-refractivity contribution in [3.63, 3.8) is 0 Å². The molecule has 4 rings (SSSR count). The third-order valence-corrected chi connectivity index (χ3v) is 4.65. The highest BCUT2D eigenvalue weighted by Gasteiger charge is 2.24. The van der Waals surface area contributed by atoms with E-state index in [0.29, 0.717) is 27.8 Å². The quantitative estimate of drug-likeness (QED) is 0.409. The SMILES string of the molecule is CCOC(=O)c1c(-c2ccccc2)c2c(=O)[nH]c3ccc(OC)cc3c2oc1=N. The smallest absolute Gasteiger partial charge is 0.344 e. The van der Waals surface area contributed by atoms with E-state index in [1.54, 1.807) is 49.4 Å². The molecule has 146 valence electrons. The van der Waals surface area contributed by atoms with Crippen molar-refractivity contribution in [2.45, 2.75) is 6.92 Å². The second kappa shape index (κ2) is 7.27. The molecule has 2 heterocycles. The number of fused-ring (bicyclic) bond motifs is 3. The number of methoxy groups -OCH3 is 1. The Morgan fingerprint density at radius 1 is 1.17 bits per heavy atom. The van der Waals surface area contributed by atoms with Crippen LogP contribution in [0.4, 0.5) is 0 Å². The van der Waals surface area contributed by atoms with Crippen molar-refractivity contribution >= 4 is 27.8 Å². The van der Waals surface area contributed by atoms with Crippen LogP contribution in [0.25, 0.3) is 33.0 Å².